The van der Waals surface area contributed by atoms with Crippen molar-refractivity contribution < 1.29 is 0 Å². The fourth-order valence-electron chi connectivity index (χ4n) is 1.96. The number of nitrogens with two attached hydrogens (primary N) is 1. The van der Waals surface area contributed by atoms with Crippen molar-refractivity contribution in [1.82, 2.24) is 4.98 Å². The molecule has 5 heteroatoms. The number of pyridine rings is 1. The number of rotatable bonds is 6. The number of hydrogen-bond donors (Lipinski definition) is 1. The van der Waals surface area contributed by atoms with Crippen LogP contribution in [-0.2, 0) is 13.0 Å². The van der Waals surface area contributed by atoms with Crippen molar-refractivity contribution in [2.45, 2.75) is 32.4 Å². The van der Waals surface area contributed by atoms with Crippen LogP contribution in [0.3, 0.4) is 0 Å². The minimum atomic E-state index is 0.216. The van der Waals surface area contributed by atoms with Crippen molar-refractivity contribution >= 4 is 28.8 Å². The zero-order valence-electron chi connectivity index (χ0n) is 11.8. The molecule has 0 bridgehead atoms. The Hall–Kier alpha value is -1.10. The monoisotopic (exact) mass is 309 g/mol. The highest BCUT2D eigenvalue weighted by Crippen LogP contribution is 2.23. The minimum Gasteiger partial charge on any atom is -0.355 e. The minimum absolute atomic E-state index is 0.216. The van der Waals surface area contributed by atoms with Gasteiger partial charge in [0, 0.05) is 24.2 Å². The summed E-state index contributed by atoms with van der Waals surface area (Å²) >= 11 is 7.55. The molecule has 1 unspecified atom stereocenters. The van der Waals surface area contributed by atoms with Crippen molar-refractivity contribution in [3.8, 4) is 0 Å². The van der Waals surface area contributed by atoms with Crippen molar-refractivity contribution in [3.05, 3.63) is 45.2 Å². The van der Waals surface area contributed by atoms with E-state index in [9.17, 15) is 0 Å². The molecule has 2 rings (SSSR count). The van der Waals surface area contributed by atoms with Gasteiger partial charge in [-0.1, -0.05) is 24.6 Å². The maximum absolute atomic E-state index is 5.96. The van der Waals surface area contributed by atoms with E-state index in [2.05, 4.69) is 28.9 Å². The van der Waals surface area contributed by atoms with Gasteiger partial charge in [0.15, 0.2) is 0 Å². The van der Waals surface area contributed by atoms with Crippen LogP contribution >= 0.6 is 22.9 Å². The molecule has 108 valence electrons. The van der Waals surface area contributed by atoms with E-state index in [0.717, 1.165) is 29.5 Å². The van der Waals surface area contributed by atoms with Crippen LogP contribution in [0, 0.1) is 0 Å². The molecule has 3 nitrogen and oxygen atoms in total. The highest BCUT2D eigenvalue weighted by atomic mass is 35.5. The summed E-state index contributed by atoms with van der Waals surface area (Å²) in [5.41, 5.74) is 7.15. The third kappa shape index (κ3) is 4.20. The summed E-state index contributed by atoms with van der Waals surface area (Å²) in [6, 6.07) is 8.35. The molecule has 0 amide bonds. The molecule has 0 fully saturated rings. The average Bonchev–Trinajstić information content (AvgIpc) is 2.84. The van der Waals surface area contributed by atoms with Gasteiger partial charge in [0.1, 0.15) is 5.82 Å². The highest BCUT2D eigenvalue weighted by Gasteiger charge is 2.07. The van der Waals surface area contributed by atoms with Gasteiger partial charge in [-0.25, -0.2) is 4.98 Å². The molecule has 0 spiro atoms. The van der Waals surface area contributed by atoms with Crippen LogP contribution in [0.5, 0.6) is 0 Å². The Bertz CT molecular complexity index is 538. The quantitative estimate of drug-likeness (QED) is 0.884. The van der Waals surface area contributed by atoms with E-state index in [-0.39, 0.29) is 6.04 Å². The van der Waals surface area contributed by atoms with Crippen molar-refractivity contribution in [1.29, 1.82) is 0 Å². The van der Waals surface area contributed by atoms with E-state index in [1.807, 2.05) is 25.4 Å². The van der Waals surface area contributed by atoms with E-state index < -0.39 is 0 Å². The first-order chi connectivity index (χ1) is 9.58. The van der Waals surface area contributed by atoms with E-state index in [1.165, 1.54) is 10.4 Å². The summed E-state index contributed by atoms with van der Waals surface area (Å²) in [6.45, 7) is 2.92. The summed E-state index contributed by atoms with van der Waals surface area (Å²) < 4.78 is 0.824. The topological polar surface area (TPSA) is 42.1 Å². The van der Waals surface area contributed by atoms with E-state index in [1.54, 1.807) is 11.3 Å². The molecule has 2 heterocycles. The smallest absolute Gasteiger partial charge is 0.128 e. The molecule has 0 aromatic carbocycles. The van der Waals surface area contributed by atoms with Gasteiger partial charge in [-0.05, 0) is 36.6 Å². The predicted molar refractivity (Wildman–Crippen MR) is 87.6 cm³/mol. The molecule has 0 saturated heterocycles. The largest absolute Gasteiger partial charge is 0.355 e. The van der Waals surface area contributed by atoms with Gasteiger partial charge >= 0.3 is 0 Å². The van der Waals surface area contributed by atoms with Crippen LogP contribution in [0.2, 0.25) is 4.34 Å². The molecule has 0 saturated carbocycles. The third-order valence-electron chi connectivity index (χ3n) is 3.24. The van der Waals surface area contributed by atoms with Gasteiger partial charge in [0.2, 0.25) is 0 Å². The first-order valence-corrected chi connectivity index (χ1v) is 7.93. The predicted octanol–water partition coefficient (Wildman–Crippen LogP) is 3.71. The lowest BCUT2D eigenvalue weighted by Gasteiger charge is -2.17. The van der Waals surface area contributed by atoms with Gasteiger partial charge in [-0.2, -0.15) is 0 Å². The molecule has 0 aliphatic heterocycles. The average molecular weight is 310 g/mol. The third-order valence-corrected chi connectivity index (χ3v) is 4.46. The Kier molecular flexibility index (Phi) is 5.40. The van der Waals surface area contributed by atoms with Crippen LogP contribution in [0.4, 0.5) is 5.82 Å². The maximum atomic E-state index is 5.96. The molecule has 2 aromatic rings. The Morgan fingerprint density at radius 2 is 2.15 bits per heavy atom. The van der Waals surface area contributed by atoms with Crippen LogP contribution < -0.4 is 10.6 Å². The first kappa shape index (κ1) is 15.3. The van der Waals surface area contributed by atoms with Crippen molar-refractivity contribution in [2.24, 2.45) is 5.73 Å². The molecule has 2 aromatic heterocycles. The van der Waals surface area contributed by atoms with Crippen molar-refractivity contribution in [2.75, 3.05) is 11.9 Å². The summed E-state index contributed by atoms with van der Waals surface area (Å²) in [7, 11) is 2.04. The second-order valence-corrected chi connectivity index (χ2v) is 6.76. The van der Waals surface area contributed by atoms with Crippen molar-refractivity contribution in [3.63, 3.8) is 0 Å². The van der Waals surface area contributed by atoms with Crippen LogP contribution in [0.25, 0.3) is 0 Å². The van der Waals surface area contributed by atoms with Crippen LogP contribution in [-0.4, -0.2) is 18.1 Å². The molecule has 1 atom stereocenters. The summed E-state index contributed by atoms with van der Waals surface area (Å²) in [5, 5.41) is 0. The zero-order valence-corrected chi connectivity index (χ0v) is 13.4. The number of hydrogen-bond acceptors (Lipinski definition) is 4. The zero-order chi connectivity index (χ0) is 14.5. The van der Waals surface area contributed by atoms with Gasteiger partial charge in [0.25, 0.3) is 0 Å². The number of halogens is 1. The van der Waals surface area contributed by atoms with E-state index >= 15 is 0 Å². The van der Waals surface area contributed by atoms with E-state index in [0.29, 0.717) is 0 Å². The SMILES string of the molecule is CCC(N)Cc1ccc(N(C)Cc2ccc(Cl)s2)nc1. The second-order valence-electron chi connectivity index (χ2n) is 4.96. The lowest BCUT2D eigenvalue weighted by molar-refractivity contribution is 0.645. The highest BCUT2D eigenvalue weighted by molar-refractivity contribution is 7.16. The number of anilines is 1. The molecule has 0 aliphatic carbocycles. The number of aromatic nitrogens is 1. The number of thiophene rings is 1. The van der Waals surface area contributed by atoms with Gasteiger partial charge in [-0.15, -0.1) is 11.3 Å². The van der Waals surface area contributed by atoms with Gasteiger partial charge in [0.05, 0.1) is 10.9 Å². The Morgan fingerprint density at radius 3 is 2.70 bits per heavy atom. The first-order valence-electron chi connectivity index (χ1n) is 6.74. The molecule has 2 N–H and O–H groups in total. The maximum Gasteiger partial charge on any atom is 0.128 e. The summed E-state index contributed by atoms with van der Waals surface area (Å²) in [5.74, 6) is 0.961. The standard InChI is InChI=1S/C15H20ClN3S/c1-3-12(17)8-11-4-7-15(18-9-11)19(2)10-13-5-6-14(16)20-13/h4-7,9,12H,3,8,10,17H2,1-2H3. The van der Waals surface area contributed by atoms with Crippen LogP contribution in [0.1, 0.15) is 23.8 Å². The normalized spacial score (nSPS) is 12.4. The van der Waals surface area contributed by atoms with E-state index in [4.69, 9.17) is 17.3 Å². The molecule has 0 radical (unpaired) electrons. The fourth-order valence-corrected chi connectivity index (χ4v) is 3.10. The van der Waals surface area contributed by atoms with Gasteiger partial charge in [-0.3, -0.25) is 0 Å². The molecular formula is C15H20ClN3S. The summed E-state index contributed by atoms with van der Waals surface area (Å²) in [4.78, 5) is 7.86. The Balaban J connectivity index is 1.98. The lowest BCUT2D eigenvalue weighted by atomic mass is 10.1. The van der Waals surface area contributed by atoms with Gasteiger partial charge < -0.3 is 10.6 Å². The molecule has 0 aliphatic rings. The molecule has 20 heavy (non-hydrogen) atoms. The lowest BCUT2D eigenvalue weighted by Crippen LogP contribution is -2.21. The number of nitrogens with zero attached hydrogens (tertiary/aromatic N) is 2. The second kappa shape index (κ2) is 7.07. The Morgan fingerprint density at radius 1 is 1.35 bits per heavy atom. The molecular weight excluding hydrogens is 290 g/mol. The summed E-state index contributed by atoms with van der Waals surface area (Å²) in [6.07, 6.45) is 3.79. The fraction of sp³-hybridized carbons (Fsp3) is 0.400. The van der Waals surface area contributed by atoms with Crippen LogP contribution in [0.15, 0.2) is 30.5 Å². The Labute approximate surface area is 129 Å².